The fourth-order valence-corrected chi connectivity index (χ4v) is 2.29. The Bertz CT molecular complexity index is 569. The van der Waals surface area contributed by atoms with Crippen molar-refractivity contribution >= 4 is 33.6 Å². The van der Waals surface area contributed by atoms with Crippen LogP contribution in [0.2, 0.25) is 0 Å². The molecule has 0 fully saturated rings. The van der Waals surface area contributed by atoms with E-state index < -0.39 is 18.0 Å². The number of hydrogen-bond acceptors (Lipinski definition) is 3. The molecule has 1 unspecified atom stereocenters. The molecule has 0 heterocycles. The summed E-state index contributed by atoms with van der Waals surface area (Å²) in [6.45, 7) is 1.92. The topological polar surface area (TPSA) is 102 Å². The van der Waals surface area contributed by atoms with Crippen molar-refractivity contribution in [1.82, 2.24) is 5.32 Å². The molecule has 1 atom stereocenters. The van der Waals surface area contributed by atoms with Crippen molar-refractivity contribution in [2.75, 3.05) is 5.32 Å². The van der Waals surface area contributed by atoms with Gasteiger partial charge in [0.1, 0.15) is 0 Å². The minimum absolute atomic E-state index is 0.115. The molecule has 0 saturated heterocycles. The Hall–Kier alpha value is -2.07. The summed E-state index contributed by atoms with van der Waals surface area (Å²) in [6.07, 6.45) is 1.25. The third-order valence-electron chi connectivity index (χ3n) is 2.74. The van der Waals surface area contributed by atoms with Crippen molar-refractivity contribution in [3.8, 4) is 6.07 Å². The van der Waals surface area contributed by atoms with Crippen LogP contribution in [0.15, 0.2) is 22.7 Å². The fraction of sp³-hybridized carbons (Fsp3) is 0.357. The summed E-state index contributed by atoms with van der Waals surface area (Å²) in [4.78, 5) is 22.6. The number of halogens is 1. The Morgan fingerprint density at radius 2 is 2.19 bits per heavy atom. The van der Waals surface area contributed by atoms with E-state index in [4.69, 9.17) is 10.4 Å². The van der Waals surface area contributed by atoms with Crippen molar-refractivity contribution in [2.24, 2.45) is 0 Å². The van der Waals surface area contributed by atoms with Crippen LogP contribution in [0.1, 0.15) is 31.7 Å². The number of nitrogens with zero attached hydrogens (tertiary/aromatic N) is 1. The summed E-state index contributed by atoms with van der Waals surface area (Å²) in [5, 5.41) is 22.8. The number of nitriles is 1. The Kier molecular flexibility index (Phi) is 6.69. The first kappa shape index (κ1) is 17.0. The van der Waals surface area contributed by atoms with Gasteiger partial charge in [-0.3, -0.25) is 4.79 Å². The van der Waals surface area contributed by atoms with Crippen molar-refractivity contribution in [1.29, 1.82) is 5.26 Å². The van der Waals surface area contributed by atoms with E-state index in [0.29, 0.717) is 22.1 Å². The van der Waals surface area contributed by atoms with Gasteiger partial charge < -0.3 is 15.7 Å². The molecular weight excluding hydrogens is 338 g/mol. The van der Waals surface area contributed by atoms with Crippen LogP contribution in [0.3, 0.4) is 0 Å². The van der Waals surface area contributed by atoms with Crippen LogP contribution in [0.25, 0.3) is 0 Å². The largest absolute Gasteiger partial charge is 0.481 e. The second-order valence-corrected chi connectivity index (χ2v) is 5.34. The second kappa shape index (κ2) is 8.27. The van der Waals surface area contributed by atoms with Gasteiger partial charge in [-0.15, -0.1) is 0 Å². The molecule has 1 rings (SSSR count). The predicted octanol–water partition coefficient (Wildman–Crippen LogP) is 3.09. The maximum Gasteiger partial charge on any atom is 0.319 e. The van der Waals surface area contributed by atoms with Crippen LogP contribution < -0.4 is 10.6 Å². The summed E-state index contributed by atoms with van der Waals surface area (Å²) in [6, 6.07) is 5.89. The van der Waals surface area contributed by atoms with E-state index >= 15 is 0 Å². The number of aliphatic carboxylic acids is 1. The molecule has 0 saturated carbocycles. The molecule has 3 N–H and O–H groups in total. The molecule has 0 aliphatic carbocycles. The predicted molar refractivity (Wildman–Crippen MR) is 82.0 cm³/mol. The van der Waals surface area contributed by atoms with E-state index in [2.05, 4.69) is 26.6 Å². The van der Waals surface area contributed by atoms with Crippen LogP contribution in [-0.4, -0.2) is 23.1 Å². The smallest absolute Gasteiger partial charge is 0.319 e. The zero-order chi connectivity index (χ0) is 15.8. The molecule has 0 aliphatic heterocycles. The van der Waals surface area contributed by atoms with Crippen molar-refractivity contribution < 1.29 is 14.7 Å². The van der Waals surface area contributed by atoms with Crippen LogP contribution in [-0.2, 0) is 4.79 Å². The molecular formula is C14H16BrN3O3. The Morgan fingerprint density at radius 1 is 1.48 bits per heavy atom. The summed E-state index contributed by atoms with van der Waals surface area (Å²) < 4.78 is 0.585. The average Bonchev–Trinajstić information content (AvgIpc) is 2.40. The van der Waals surface area contributed by atoms with E-state index in [9.17, 15) is 9.59 Å². The lowest BCUT2D eigenvalue weighted by Gasteiger charge is -2.17. The lowest BCUT2D eigenvalue weighted by Crippen LogP contribution is -2.39. The minimum Gasteiger partial charge on any atom is -0.481 e. The van der Waals surface area contributed by atoms with Gasteiger partial charge in [0.25, 0.3) is 0 Å². The maximum atomic E-state index is 11.9. The van der Waals surface area contributed by atoms with Crippen molar-refractivity contribution in [2.45, 2.75) is 32.2 Å². The number of hydrogen-bond donors (Lipinski definition) is 3. The van der Waals surface area contributed by atoms with Crippen LogP contribution in [0.5, 0.6) is 0 Å². The van der Waals surface area contributed by atoms with Crippen LogP contribution in [0, 0.1) is 11.3 Å². The zero-order valence-electron chi connectivity index (χ0n) is 11.5. The van der Waals surface area contributed by atoms with Crippen LogP contribution >= 0.6 is 15.9 Å². The summed E-state index contributed by atoms with van der Waals surface area (Å²) >= 11 is 3.27. The summed E-state index contributed by atoms with van der Waals surface area (Å²) in [5.41, 5.74) is 0.986. The highest BCUT2D eigenvalue weighted by molar-refractivity contribution is 9.10. The van der Waals surface area contributed by atoms with Crippen molar-refractivity contribution in [3.63, 3.8) is 0 Å². The van der Waals surface area contributed by atoms with E-state index in [1.807, 2.05) is 13.0 Å². The third kappa shape index (κ3) is 5.83. The number of carbonyl (C=O) groups excluding carboxylic acids is 1. The first-order chi connectivity index (χ1) is 9.96. The molecule has 0 aromatic heterocycles. The maximum absolute atomic E-state index is 11.9. The number of carbonyl (C=O) groups is 2. The van der Waals surface area contributed by atoms with E-state index in [1.165, 1.54) is 0 Å². The number of carboxylic acid groups (broad SMARTS) is 1. The fourth-order valence-electron chi connectivity index (χ4n) is 1.81. The number of rotatable bonds is 6. The van der Waals surface area contributed by atoms with Gasteiger partial charge >= 0.3 is 12.0 Å². The number of nitrogens with one attached hydrogen (secondary N) is 2. The van der Waals surface area contributed by atoms with E-state index in [1.54, 1.807) is 18.2 Å². The minimum atomic E-state index is -0.951. The number of urea groups is 1. The molecule has 112 valence electrons. The quantitative estimate of drug-likeness (QED) is 0.730. The normalized spacial score (nSPS) is 11.3. The number of carboxylic acids is 1. The molecule has 2 amide bonds. The highest BCUT2D eigenvalue weighted by Gasteiger charge is 2.15. The SMILES string of the molecule is CCCC(CC(=O)O)NC(=O)Nc1ccc(C#N)cc1Br. The Morgan fingerprint density at radius 3 is 2.71 bits per heavy atom. The monoisotopic (exact) mass is 353 g/mol. The van der Waals surface area contributed by atoms with Crippen molar-refractivity contribution in [3.05, 3.63) is 28.2 Å². The summed E-state index contributed by atoms with van der Waals surface area (Å²) in [7, 11) is 0. The Balaban J connectivity index is 2.67. The average molecular weight is 354 g/mol. The number of amides is 2. The molecule has 0 radical (unpaired) electrons. The lowest BCUT2D eigenvalue weighted by atomic mass is 10.1. The molecule has 1 aromatic rings. The molecule has 0 aliphatic rings. The molecule has 7 heteroatoms. The van der Waals surface area contributed by atoms with Crippen LogP contribution in [0.4, 0.5) is 10.5 Å². The first-order valence-electron chi connectivity index (χ1n) is 6.45. The van der Waals surface area contributed by atoms with Gasteiger partial charge in [-0.2, -0.15) is 5.26 Å². The third-order valence-corrected chi connectivity index (χ3v) is 3.40. The van der Waals surface area contributed by atoms with Gasteiger partial charge in [-0.05, 0) is 40.5 Å². The second-order valence-electron chi connectivity index (χ2n) is 4.49. The van der Waals surface area contributed by atoms with Gasteiger partial charge in [0.05, 0.1) is 23.7 Å². The molecule has 6 nitrogen and oxygen atoms in total. The Labute approximate surface area is 131 Å². The van der Waals surface area contributed by atoms with Gasteiger partial charge in [0, 0.05) is 10.5 Å². The molecule has 0 spiro atoms. The summed E-state index contributed by atoms with van der Waals surface area (Å²) in [5.74, 6) is -0.951. The van der Waals surface area contributed by atoms with Gasteiger partial charge in [-0.1, -0.05) is 13.3 Å². The highest BCUT2D eigenvalue weighted by Crippen LogP contribution is 2.23. The van der Waals surface area contributed by atoms with E-state index in [0.717, 1.165) is 6.42 Å². The lowest BCUT2D eigenvalue weighted by molar-refractivity contribution is -0.137. The van der Waals surface area contributed by atoms with E-state index in [-0.39, 0.29) is 6.42 Å². The first-order valence-corrected chi connectivity index (χ1v) is 7.24. The number of anilines is 1. The van der Waals surface area contributed by atoms with Gasteiger partial charge in [0.2, 0.25) is 0 Å². The molecule has 1 aromatic carbocycles. The molecule has 0 bridgehead atoms. The number of benzene rings is 1. The van der Waals surface area contributed by atoms with Gasteiger partial charge in [-0.25, -0.2) is 4.79 Å². The highest BCUT2D eigenvalue weighted by atomic mass is 79.9. The standard InChI is InChI=1S/C14H16BrN3O3/c1-2-3-10(7-13(19)20)17-14(21)18-12-5-4-9(8-16)6-11(12)15/h4-6,10H,2-3,7H2,1H3,(H,19,20)(H2,17,18,21). The molecule has 21 heavy (non-hydrogen) atoms. The zero-order valence-corrected chi connectivity index (χ0v) is 13.1. The van der Waals surface area contributed by atoms with Gasteiger partial charge in [0.15, 0.2) is 0 Å².